The minimum absolute atomic E-state index is 0.000654. The number of nitrogens with two attached hydrogens (primary N) is 1. The van der Waals surface area contributed by atoms with Crippen LogP contribution in [-0.4, -0.2) is 50.0 Å². The summed E-state index contributed by atoms with van der Waals surface area (Å²) in [6.45, 7) is 14.4. The van der Waals surface area contributed by atoms with Crippen molar-refractivity contribution in [1.82, 2.24) is 15.5 Å². The van der Waals surface area contributed by atoms with Gasteiger partial charge in [0, 0.05) is 26.2 Å². The molecule has 4 N–H and O–H groups in total. The third-order valence-corrected chi connectivity index (χ3v) is 7.55. The van der Waals surface area contributed by atoms with Crippen LogP contribution < -0.4 is 16.4 Å². The number of carbonyl (C=O) groups excluding carboxylic acids is 1. The summed E-state index contributed by atoms with van der Waals surface area (Å²) in [6.07, 6.45) is -2.90. The second kappa shape index (κ2) is 18.2. The Hall–Kier alpha value is -4.02. The number of nitrogens with one attached hydrogen (secondary N) is 2. The number of hydrogen-bond donors (Lipinski definition) is 3. The number of rotatable bonds is 13. The molecule has 0 atom stereocenters. The van der Waals surface area contributed by atoms with Crippen molar-refractivity contribution in [2.75, 3.05) is 33.2 Å². The molecule has 0 saturated heterocycles. The molecule has 0 unspecified atom stereocenters. The van der Waals surface area contributed by atoms with Crippen LogP contribution in [0.1, 0.15) is 48.6 Å². The Kier molecular flexibility index (Phi) is 15.1. The molecular weight excluding hydrogens is 594 g/mol. The number of halogens is 4. The number of amides is 1. The van der Waals surface area contributed by atoms with Crippen molar-refractivity contribution in [3.63, 3.8) is 0 Å². The van der Waals surface area contributed by atoms with Crippen molar-refractivity contribution in [2.24, 2.45) is 16.1 Å². The molecular formula is C36H47F4N5O. The Labute approximate surface area is 270 Å². The standard InChI is InChI=1S/C29H40F3N5O.C7H7F/c1-21(2)28(3,4)18-23-8-6-22(7-9-23)14-17-37(27(33)36-26(38)19-35-16-15-34-5)20-24-10-12-25(13-11-24)29(30,31)32;1-6-2-4-7(8)5-3-6/h6-13,34-35H,1,14-20H2,2-5H3,(H2,33,36,38);2-5H,1H3. The quantitative estimate of drug-likeness (QED) is 0.0638. The van der Waals surface area contributed by atoms with E-state index in [2.05, 4.69) is 60.3 Å². The molecule has 10 heteroatoms. The fourth-order valence-electron chi connectivity index (χ4n) is 4.22. The van der Waals surface area contributed by atoms with E-state index in [-0.39, 0.29) is 30.3 Å². The van der Waals surface area contributed by atoms with Crippen LogP contribution in [-0.2, 0) is 30.4 Å². The van der Waals surface area contributed by atoms with E-state index in [9.17, 15) is 22.4 Å². The first-order valence-corrected chi connectivity index (χ1v) is 15.2. The lowest BCUT2D eigenvalue weighted by Crippen LogP contribution is -2.39. The maximum atomic E-state index is 13.0. The summed E-state index contributed by atoms with van der Waals surface area (Å²) >= 11 is 0. The largest absolute Gasteiger partial charge is 0.416 e. The smallest absolute Gasteiger partial charge is 0.369 e. The number of nitrogens with zero attached hydrogens (tertiary/aromatic N) is 2. The fourth-order valence-corrected chi connectivity index (χ4v) is 4.22. The number of aryl methyl sites for hydroxylation is 1. The van der Waals surface area contributed by atoms with E-state index in [0.29, 0.717) is 31.6 Å². The van der Waals surface area contributed by atoms with Gasteiger partial charge in [0.2, 0.25) is 0 Å². The SMILES string of the molecule is C=C(C)C(C)(C)Cc1ccc(CCN(Cc2ccc(C(F)(F)F)cc2)C(N)=NC(=O)CNCCNC)cc1.Cc1ccc(F)cc1. The van der Waals surface area contributed by atoms with Gasteiger partial charge in [-0.2, -0.15) is 18.2 Å². The Bertz CT molecular complexity index is 1380. The van der Waals surface area contributed by atoms with Gasteiger partial charge in [0.05, 0.1) is 12.1 Å². The number of benzene rings is 3. The molecule has 0 spiro atoms. The summed E-state index contributed by atoms with van der Waals surface area (Å²) in [6, 6.07) is 19.6. The molecule has 0 fully saturated rings. The van der Waals surface area contributed by atoms with Gasteiger partial charge in [0.15, 0.2) is 5.96 Å². The predicted octanol–water partition coefficient (Wildman–Crippen LogP) is 6.68. The first kappa shape index (κ1) is 38.2. The molecule has 3 rings (SSSR count). The van der Waals surface area contributed by atoms with Gasteiger partial charge in [0.1, 0.15) is 5.82 Å². The molecule has 0 radical (unpaired) electrons. The van der Waals surface area contributed by atoms with Crippen LogP contribution in [0.3, 0.4) is 0 Å². The van der Waals surface area contributed by atoms with E-state index < -0.39 is 17.6 Å². The number of guanidine groups is 1. The maximum Gasteiger partial charge on any atom is 0.416 e. The van der Waals surface area contributed by atoms with Gasteiger partial charge >= 0.3 is 6.18 Å². The first-order chi connectivity index (χ1) is 21.6. The molecule has 0 heterocycles. The molecule has 0 saturated carbocycles. The summed E-state index contributed by atoms with van der Waals surface area (Å²) < 4.78 is 51.0. The Morgan fingerprint density at radius 1 is 0.913 bits per heavy atom. The molecule has 0 aliphatic heterocycles. The summed E-state index contributed by atoms with van der Waals surface area (Å²) in [5, 5.41) is 5.96. The van der Waals surface area contributed by atoms with E-state index in [1.165, 1.54) is 29.8 Å². The minimum Gasteiger partial charge on any atom is -0.369 e. The van der Waals surface area contributed by atoms with Gasteiger partial charge in [-0.3, -0.25) is 4.79 Å². The van der Waals surface area contributed by atoms with Gasteiger partial charge in [-0.05, 0) is 80.1 Å². The van der Waals surface area contributed by atoms with E-state index in [4.69, 9.17) is 5.73 Å². The predicted molar refractivity (Wildman–Crippen MR) is 179 cm³/mol. The molecule has 0 aliphatic carbocycles. The first-order valence-electron chi connectivity index (χ1n) is 15.2. The number of aliphatic imine (C=N–C) groups is 1. The van der Waals surface area contributed by atoms with E-state index >= 15 is 0 Å². The normalized spacial score (nSPS) is 11.9. The molecule has 1 amide bonds. The Morgan fingerprint density at radius 2 is 1.48 bits per heavy atom. The third-order valence-electron chi connectivity index (χ3n) is 7.55. The summed E-state index contributed by atoms with van der Waals surface area (Å²) in [5.74, 6) is -0.554. The number of alkyl halides is 3. The zero-order valence-electron chi connectivity index (χ0n) is 27.5. The number of likely N-dealkylation sites (N-methyl/N-ethyl adjacent to an activating group) is 1. The highest BCUT2D eigenvalue weighted by Gasteiger charge is 2.30. The van der Waals surface area contributed by atoms with Crippen LogP contribution in [0.4, 0.5) is 17.6 Å². The van der Waals surface area contributed by atoms with Crippen molar-refractivity contribution in [3.05, 3.63) is 119 Å². The number of allylic oxidation sites excluding steroid dienone is 1. The molecule has 0 aliphatic rings. The molecule has 46 heavy (non-hydrogen) atoms. The summed E-state index contributed by atoms with van der Waals surface area (Å²) in [5.41, 5.74) is 10.6. The second-order valence-corrected chi connectivity index (χ2v) is 12.0. The highest BCUT2D eigenvalue weighted by atomic mass is 19.4. The topological polar surface area (TPSA) is 82.8 Å². The van der Waals surface area contributed by atoms with Gasteiger partial charge in [-0.1, -0.05) is 80.1 Å². The molecule has 3 aromatic rings. The molecule has 0 bridgehead atoms. The zero-order valence-corrected chi connectivity index (χ0v) is 27.5. The van der Waals surface area contributed by atoms with Gasteiger partial charge in [0.25, 0.3) is 5.91 Å². The van der Waals surface area contributed by atoms with Crippen LogP contribution in [0.5, 0.6) is 0 Å². The van der Waals surface area contributed by atoms with Crippen molar-refractivity contribution >= 4 is 11.9 Å². The van der Waals surface area contributed by atoms with E-state index in [0.717, 1.165) is 35.3 Å². The van der Waals surface area contributed by atoms with Crippen LogP contribution in [0.2, 0.25) is 0 Å². The van der Waals surface area contributed by atoms with Crippen LogP contribution in [0.25, 0.3) is 0 Å². The van der Waals surface area contributed by atoms with E-state index in [1.807, 2.05) is 20.9 Å². The van der Waals surface area contributed by atoms with Crippen molar-refractivity contribution in [2.45, 2.75) is 53.3 Å². The second-order valence-electron chi connectivity index (χ2n) is 12.0. The lowest BCUT2D eigenvalue weighted by Gasteiger charge is -2.25. The van der Waals surface area contributed by atoms with Gasteiger partial charge in [-0.15, -0.1) is 0 Å². The third kappa shape index (κ3) is 14.0. The van der Waals surface area contributed by atoms with Gasteiger partial charge < -0.3 is 21.3 Å². The highest BCUT2D eigenvalue weighted by Crippen LogP contribution is 2.30. The average Bonchev–Trinajstić information content (AvgIpc) is 2.99. The Balaban J connectivity index is 0.000000797. The maximum absolute atomic E-state index is 13.0. The summed E-state index contributed by atoms with van der Waals surface area (Å²) in [7, 11) is 1.81. The average molecular weight is 642 g/mol. The fraction of sp³-hybridized carbons (Fsp3) is 0.389. The molecule has 3 aromatic carbocycles. The lowest BCUT2D eigenvalue weighted by molar-refractivity contribution is -0.137. The van der Waals surface area contributed by atoms with Crippen LogP contribution in [0, 0.1) is 18.2 Å². The van der Waals surface area contributed by atoms with Gasteiger partial charge in [-0.25, -0.2) is 4.39 Å². The minimum atomic E-state index is -4.41. The molecule has 250 valence electrons. The van der Waals surface area contributed by atoms with Crippen molar-refractivity contribution < 1.29 is 22.4 Å². The molecule has 0 aromatic heterocycles. The highest BCUT2D eigenvalue weighted by molar-refractivity contribution is 5.93. The number of hydrogen-bond acceptors (Lipinski definition) is 3. The number of carbonyl (C=O) groups is 1. The molecule has 6 nitrogen and oxygen atoms in total. The summed E-state index contributed by atoms with van der Waals surface area (Å²) in [4.78, 5) is 18.0. The van der Waals surface area contributed by atoms with Crippen LogP contribution >= 0.6 is 0 Å². The van der Waals surface area contributed by atoms with E-state index in [1.54, 1.807) is 17.0 Å². The lowest BCUT2D eigenvalue weighted by atomic mass is 9.80. The van der Waals surface area contributed by atoms with Crippen molar-refractivity contribution in [3.8, 4) is 0 Å². The Morgan fingerprint density at radius 3 is 2.00 bits per heavy atom. The zero-order chi connectivity index (χ0) is 34.3. The monoisotopic (exact) mass is 641 g/mol. The van der Waals surface area contributed by atoms with Crippen molar-refractivity contribution in [1.29, 1.82) is 0 Å². The van der Waals surface area contributed by atoms with Crippen LogP contribution in [0.15, 0.2) is 89.9 Å².